The Kier molecular flexibility index (Phi) is 6.21. The van der Waals surface area contributed by atoms with Gasteiger partial charge >= 0.3 is 5.97 Å². The second-order valence-corrected chi connectivity index (χ2v) is 5.77. The predicted molar refractivity (Wildman–Crippen MR) is 85.8 cm³/mol. The maximum absolute atomic E-state index is 13.7. The molecule has 0 atom stereocenters. The van der Waals surface area contributed by atoms with Crippen molar-refractivity contribution in [2.45, 2.75) is 19.8 Å². The first-order chi connectivity index (χ1) is 11.0. The summed E-state index contributed by atoms with van der Waals surface area (Å²) in [7, 11) is 0. The highest BCUT2D eigenvalue weighted by Gasteiger charge is 2.28. The summed E-state index contributed by atoms with van der Waals surface area (Å²) in [5.74, 6) is -1.04. The average Bonchev–Trinajstić information content (AvgIpc) is 2.56. The molecule has 1 N–H and O–H groups in total. The van der Waals surface area contributed by atoms with Gasteiger partial charge < -0.3 is 15.0 Å². The summed E-state index contributed by atoms with van der Waals surface area (Å²) in [6, 6.07) is 4.59. The predicted octanol–water partition coefficient (Wildman–Crippen LogP) is 2.69. The summed E-state index contributed by atoms with van der Waals surface area (Å²) in [5, 5.41) is 2.77. The van der Waals surface area contributed by atoms with E-state index in [9.17, 15) is 14.0 Å². The second-order valence-electron chi connectivity index (χ2n) is 5.36. The second kappa shape index (κ2) is 8.15. The SMILES string of the molecule is CCOC(=O)C1CCN(C(=O)CNc2cccc(Cl)c2F)CC1. The minimum absolute atomic E-state index is 0.0118. The van der Waals surface area contributed by atoms with E-state index in [-0.39, 0.29) is 35.0 Å². The number of hydrogen-bond donors (Lipinski definition) is 1. The summed E-state index contributed by atoms with van der Waals surface area (Å²) in [5.41, 5.74) is 0.201. The highest BCUT2D eigenvalue weighted by atomic mass is 35.5. The Morgan fingerprint density at radius 1 is 1.39 bits per heavy atom. The maximum atomic E-state index is 13.7. The van der Waals surface area contributed by atoms with Crippen LogP contribution in [0.25, 0.3) is 0 Å². The van der Waals surface area contributed by atoms with Crippen LogP contribution in [-0.4, -0.2) is 43.0 Å². The van der Waals surface area contributed by atoms with Gasteiger partial charge in [0.15, 0.2) is 5.82 Å². The van der Waals surface area contributed by atoms with Gasteiger partial charge in [-0.3, -0.25) is 9.59 Å². The number of likely N-dealkylation sites (tertiary alicyclic amines) is 1. The molecule has 1 aromatic carbocycles. The van der Waals surface area contributed by atoms with E-state index < -0.39 is 5.82 Å². The molecular weight excluding hydrogens is 323 g/mol. The molecule has 0 aromatic heterocycles. The third-order valence-electron chi connectivity index (χ3n) is 3.85. The van der Waals surface area contributed by atoms with E-state index in [1.54, 1.807) is 17.9 Å². The van der Waals surface area contributed by atoms with Gasteiger partial charge in [-0.05, 0) is 31.9 Å². The number of amides is 1. The van der Waals surface area contributed by atoms with Gasteiger partial charge in [-0.2, -0.15) is 0 Å². The van der Waals surface area contributed by atoms with Crippen LogP contribution in [0.2, 0.25) is 5.02 Å². The third-order valence-corrected chi connectivity index (χ3v) is 4.14. The van der Waals surface area contributed by atoms with Gasteiger partial charge in [-0.1, -0.05) is 17.7 Å². The standard InChI is InChI=1S/C16H20ClFN2O3/c1-2-23-16(22)11-6-8-20(9-7-11)14(21)10-19-13-5-3-4-12(17)15(13)18/h3-5,11,19H,2,6-10H2,1H3. The van der Waals surface area contributed by atoms with Gasteiger partial charge in [0.05, 0.1) is 29.8 Å². The molecule has 5 nitrogen and oxygen atoms in total. The molecule has 126 valence electrons. The third kappa shape index (κ3) is 4.58. The molecule has 23 heavy (non-hydrogen) atoms. The fourth-order valence-electron chi connectivity index (χ4n) is 2.55. The zero-order chi connectivity index (χ0) is 16.8. The van der Waals surface area contributed by atoms with Crippen molar-refractivity contribution in [3.63, 3.8) is 0 Å². The number of nitrogens with one attached hydrogen (secondary N) is 1. The van der Waals surface area contributed by atoms with E-state index in [2.05, 4.69) is 5.32 Å². The van der Waals surface area contributed by atoms with Crippen molar-refractivity contribution in [2.24, 2.45) is 5.92 Å². The molecule has 1 aliphatic heterocycles. The number of carbonyl (C=O) groups is 2. The molecule has 0 saturated carbocycles. The van der Waals surface area contributed by atoms with Crippen LogP contribution < -0.4 is 5.32 Å². The van der Waals surface area contributed by atoms with Crippen molar-refractivity contribution in [2.75, 3.05) is 31.6 Å². The first kappa shape index (κ1) is 17.5. The van der Waals surface area contributed by atoms with E-state index in [4.69, 9.17) is 16.3 Å². The summed E-state index contributed by atoms with van der Waals surface area (Å²) in [6.07, 6.45) is 1.19. The molecule has 1 saturated heterocycles. The number of ether oxygens (including phenoxy) is 1. The number of esters is 1. The van der Waals surface area contributed by atoms with E-state index in [1.165, 1.54) is 12.1 Å². The van der Waals surface area contributed by atoms with Crippen molar-refractivity contribution >= 4 is 29.2 Å². The van der Waals surface area contributed by atoms with Crippen LogP contribution >= 0.6 is 11.6 Å². The first-order valence-corrected chi connectivity index (χ1v) is 8.03. The number of piperidine rings is 1. The van der Waals surface area contributed by atoms with Gasteiger partial charge in [0, 0.05) is 13.1 Å². The fraction of sp³-hybridized carbons (Fsp3) is 0.500. The summed E-state index contributed by atoms with van der Waals surface area (Å²) in [6.45, 7) is 3.13. The Labute approximate surface area is 139 Å². The van der Waals surface area contributed by atoms with Crippen LogP contribution in [0.3, 0.4) is 0 Å². The maximum Gasteiger partial charge on any atom is 0.309 e. The molecule has 7 heteroatoms. The number of rotatable bonds is 5. The normalized spacial score (nSPS) is 15.3. The van der Waals surface area contributed by atoms with Crippen molar-refractivity contribution in [3.8, 4) is 0 Å². The summed E-state index contributed by atoms with van der Waals surface area (Å²) in [4.78, 5) is 25.5. The molecule has 1 fully saturated rings. The Hall–Kier alpha value is -1.82. The monoisotopic (exact) mass is 342 g/mol. The molecule has 1 aromatic rings. The lowest BCUT2D eigenvalue weighted by atomic mass is 9.97. The molecule has 1 aliphatic rings. The van der Waals surface area contributed by atoms with Gasteiger partial charge in [0.2, 0.25) is 5.91 Å². The summed E-state index contributed by atoms with van der Waals surface area (Å²) >= 11 is 5.70. The number of anilines is 1. The number of benzene rings is 1. The molecule has 0 spiro atoms. The largest absolute Gasteiger partial charge is 0.466 e. The molecule has 0 bridgehead atoms. The van der Waals surface area contributed by atoms with Crippen LogP contribution in [0.5, 0.6) is 0 Å². The Bertz CT molecular complexity index is 574. The number of carbonyl (C=O) groups excluding carboxylic acids is 2. The van der Waals surface area contributed by atoms with Crippen molar-refractivity contribution in [3.05, 3.63) is 29.0 Å². The Morgan fingerprint density at radius 3 is 2.74 bits per heavy atom. The summed E-state index contributed by atoms with van der Waals surface area (Å²) < 4.78 is 18.7. The molecular formula is C16H20ClFN2O3. The van der Waals surface area contributed by atoms with Crippen LogP contribution in [0, 0.1) is 11.7 Å². The minimum Gasteiger partial charge on any atom is -0.466 e. The van der Waals surface area contributed by atoms with Crippen molar-refractivity contribution in [1.29, 1.82) is 0 Å². The van der Waals surface area contributed by atoms with E-state index >= 15 is 0 Å². The fourth-order valence-corrected chi connectivity index (χ4v) is 2.72. The van der Waals surface area contributed by atoms with Gasteiger partial charge in [-0.15, -0.1) is 0 Å². The smallest absolute Gasteiger partial charge is 0.309 e. The lowest BCUT2D eigenvalue weighted by Gasteiger charge is -2.31. The number of halogens is 2. The lowest BCUT2D eigenvalue weighted by molar-refractivity contribution is -0.151. The zero-order valence-electron chi connectivity index (χ0n) is 13.0. The van der Waals surface area contributed by atoms with Crippen LogP contribution in [0.1, 0.15) is 19.8 Å². The molecule has 0 radical (unpaired) electrons. The van der Waals surface area contributed by atoms with Gasteiger partial charge in [0.1, 0.15) is 0 Å². The molecule has 0 aliphatic carbocycles. The van der Waals surface area contributed by atoms with E-state index in [1.807, 2.05) is 0 Å². The van der Waals surface area contributed by atoms with Crippen molar-refractivity contribution in [1.82, 2.24) is 4.90 Å². The van der Waals surface area contributed by atoms with Gasteiger partial charge in [0.25, 0.3) is 0 Å². The minimum atomic E-state index is -0.567. The van der Waals surface area contributed by atoms with Crippen LogP contribution in [-0.2, 0) is 14.3 Å². The topological polar surface area (TPSA) is 58.6 Å². The van der Waals surface area contributed by atoms with E-state index in [0.29, 0.717) is 32.5 Å². The van der Waals surface area contributed by atoms with Crippen LogP contribution in [0.15, 0.2) is 18.2 Å². The van der Waals surface area contributed by atoms with E-state index in [0.717, 1.165) is 0 Å². The van der Waals surface area contributed by atoms with Gasteiger partial charge in [-0.25, -0.2) is 4.39 Å². The quantitative estimate of drug-likeness (QED) is 0.836. The highest BCUT2D eigenvalue weighted by molar-refractivity contribution is 6.31. The first-order valence-electron chi connectivity index (χ1n) is 7.65. The average molecular weight is 343 g/mol. The molecule has 0 unspecified atom stereocenters. The molecule has 1 amide bonds. The number of hydrogen-bond acceptors (Lipinski definition) is 4. The Morgan fingerprint density at radius 2 is 2.09 bits per heavy atom. The highest BCUT2D eigenvalue weighted by Crippen LogP contribution is 2.22. The van der Waals surface area contributed by atoms with Crippen molar-refractivity contribution < 1.29 is 18.7 Å². The number of nitrogens with zero attached hydrogens (tertiary/aromatic N) is 1. The molecule has 2 rings (SSSR count). The van der Waals surface area contributed by atoms with Crippen LogP contribution in [0.4, 0.5) is 10.1 Å². The zero-order valence-corrected chi connectivity index (χ0v) is 13.7. The molecule has 1 heterocycles. The Balaban J connectivity index is 1.81. The lowest BCUT2D eigenvalue weighted by Crippen LogP contribution is -2.43.